The summed E-state index contributed by atoms with van der Waals surface area (Å²) in [6, 6.07) is 1.35. The molecule has 0 amide bonds. The first kappa shape index (κ1) is 15.9. The van der Waals surface area contributed by atoms with Crippen LogP contribution >= 0.6 is 17.7 Å². The summed E-state index contributed by atoms with van der Waals surface area (Å²) in [7, 11) is 0. The molecule has 0 N–H and O–H groups in total. The number of hydrogen-bond donors (Lipinski definition) is 0. The van der Waals surface area contributed by atoms with Crippen LogP contribution in [0.3, 0.4) is 0 Å². The van der Waals surface area contributed by atoms with E-state index in [1.54, 1.807) is 0 Å². The fourth-order valence-electron chi connectivity index (χ4n) is 1.57. The van der Waals surface area contributed by atoms with Gasteiger partial charge in [-0.15, -0.1) is 0 Å². The van der Waals surface area contributed by atoms with E-state index in [9.17, 15) is 30.9 Å². The molecule has 0 saturated heterocycles. The Bertz CT molecular complexity index is 671. The van der Waals surface area contributed by atoms with Gasteiger partial charge >= 0.3 is 0 Å². The molecule has 2 aromatic rings. The molecule has 21 heavy (non-hydrogen) atoms. The van der Waals surface area contributed by atoms with Crippen molar-refractivity contribution in [1.29, 1.82) is 0 Å². The molecular weight excluding hydrogens is 341 g/mol. The maximum Gasteiger partial charge on any atom is 0.226 e. The topological polar surface area (TPSA) is 17.1 Å². The standard InChI is InChI=1S/C12H4ClF6OP/c13-21(20,5-1-7(14)11(18)8(15)2-5)6-3-9(16)12(19)10(17)4-6/h1-4H. The number of hydrogen-bond acceptors (Lipinski definition) is 1. The van der Waals surface area contributed by atoms with Gasteiger partial charge < -0.3 is 0 Å². The molecule has 0 aromatic heterocycles. The minimum atomic E-state index is -4.37. The number of halogens is 7. The number of benzene rings is 2. The van der Waals surface area contributed by atoms with Gasteiger partial charge in [0.05, 0.1) is 0 Å². The van der Waals surface area contributed by atoms with Crippen molar-refractivity contribution in [1.82, 2.24) is 0 Å². The average Bonchev–Trinajstić information content (AvgIpc) is 2.40. The largest absolute Gasteiger partial charge is 0.296 e. The molecule has 0 fully saturated rings. The van der Waals surface area contributed by atoms with Gasteiger partial charge in [0, 0.05) is 10.6 Å². The second-order valence-electron chi connectivity index (χ2n) is 3.98. The lowest BCUT2D eigenvalue weighted by Gasteiger charge is -2.12. The van der Waals surface area contributed by atoms with Gasteiger partial charge in [-0.1, -0.05) is 0 Å². The van der Waals surface area contributed by atoms with Gasteiger partial charge in [0.1, 0.15) is 0 Å². The molecule has 112 valence electrons. The number of rotatable bonds is 2. The van der Waals surface area contributed by atoms with Crippen molar-refractivity contribution in [2.75, 3.05) is 0 Å². The quantitative estimate of drug-likeness (QED) is 0.457. The zero-order valence-corrected chi connectivity index (χ0v) is 11.5. The molecule has 9 heteroatoms. The maximum absolute atomic E-state index is 13.1. The molecule has 0 aliphatic heterocycles. The van der Waals surface area contributed by atoms with Crippen LogP contribution in [0.15, 0.2) is 24.3 Å². The Morgan fingerprint density at radius 2 is 0.905 bits per heavy atom. The summed E-state index contributed by atoms with van der Waals surface area (Å²) in [5.41, 5.74) is 0. The summed E-state index contributed by atoms with van der Waals surface area (Å²) in [5, 5.41) is -1.43. The third kappa shape index (κ3) is 2.80. The van der Waals surface area contributed by atoms with Crippen LogP contribution in [0.4, 0.5) is 26.3 Å². The molecule has 0 heterocycles. The average molecular weight is 345 g/mol. The van der Waals surface area contributed by atoms with Gasteiger partial charge in [0.2, 0.25) is 6.49 Å². The summed E-state index contributed by atoms with van der Waals surface area (Å²) < 4.78 is 90.4. The first-order chi connectivity index (χ1) is 9.64. The molecule has 0 bridgehead atoms. The van der Waals surface area contributed by atoms with Crippen molar-refractivity contribution in [3.05, 3.63) is 59.2 Å². The Morgan fingerprint density at radius 3 is 1.14 bits per heavy atom. The van der Waals surface area contributed by atoms with E-state index in [1.165, 1.54) is 0 Å². The fraction of sp³-hybridized carbons (Fsp3) is 0. The van der Waals surface area contributed by atoms with Crippen molar-refractivity contribution >= 4 is 28.3 Å². The molecule has 0 atom stereocenters. The van der Waals surface area contributed by atoms with E-state index in [1.807, 2.05) is 0 Å². The molecular formula is C12H4ClF6OP. The lowest BCUT2D eigenvalue weighted by molar-refractivity contribution is 0.448. The Hall–Kier alpha value is -1.46. The summed E-state index contributed by atoms with van der Waals surface area (Å²) >= 11 is 5.62. The first-order valence-corrected chi connectivity index (χ1v) is 7.85. The van der Waals surface area contributed by atoms with Crippen molar-refractivity contribution in [2.24, 2.45) is 0 Å². The lowest BCUT2D eigenvalue weighted by Crippen LogP contribution is -2.16. The second-order valence-corrected chi connectivity index (χ2v) is 7.51. The molecule has 0 saturated carbocycles. The van der Waals surface area contributed by atoms with E-state index in [0.717, 1.165) is 0 Å². The summed E-state index contributed by atoms with van der Waals surface area (Å²) in [6.45, 7) is -4.37. The molecule has 0 spiro atoms. The summed E-state index contributed by atoms with van der Waals surface area (Å²) in [5.74, 6) is -10.3. The van der Waals surface area contributed by atoms with Gasteiger partial charge in [-0.3, -0.25) is 4.57 Å². The van der Waals surface area contributed by atoms with E-state index in [-0.39, 0.29) is 0 Å². The van der Waals surface area contributed by atoms with Crippen LogP contribution in [0.2, 0.25) is 0 Å². The third-order valence-electron chi connectivity index (χ3n) is 2.60. The Kier molecular flexibility index (Phi) is 4.08. The summed E-state index contributed by atoms with van der Waals surface area (Å²) in [4.78, 5) is 0. The highest BCUT2D eigenvalue weighted by Crippen LogP contribution is 2.49. The highest BCUT2D eigenvalue weighted by Gasteiger charge is 2.29. The molecule has 0 aliphatic carbocycles. The lowest BCUT2D eigenvalue weighted by atomic mass is 10.3. The Morgan fingerprint density at radius 1 is 0.667 bits per heavy atom. The fourth-order valence-corrected chi connectivity index (χ4v) is 3.57. The second kappa shape index (κ2) is 5.39. The smallest absolute Gasteiger partial charge is 0.226 e. The first-order valence-electron chi connectivity index (χ1n) is 5.24. The van der Waals surface area contributed by atoms with Crippen LogP contribution in [0.1, 0.15) is 0 Å². The van der Waals surface area contributed by atoms with Crippen molar-refractivity contribution in [3.8, 4) is 0 Å². The Labute approximate surface area is 119 Å². The van der Waals surface area contributed by atoms with Gasteiger partial charge in [0.25, 0.3) is 0 Å². The SMILES string of the molecule is O=P(Cl)(c1cc(F)c(F)c(F)c1)c1cc(F)c(F)c(F)c1. The zero-order valence-electron chi connectivity index (χ0n) is 9.81. The Balaban J connectivity index is 2.65. The van der Waals surface area contributed by atoms with Crippen LogP contribution in [0.5, 0.6) is 0 Å². The van der Waals surface area contributed by atoms with Crippen molar-refractivity contribution in [2.45, 2.75) is 0 Å². The highest BCUT2D eigenvalue weighted by atomic mass is 35.7. The minimum Gasteiger partial charge on any atom is -0.296 e. The van der Waals surface area contributed by atoms with E-state index in [4.69, 9.17) is 11.2 Å². The van der Waals surface area contributed by atoms with E-state index < -0.39 is 52.0 Å². The van der Waals surface area contributed by atoms with Gasteiger partial charge in [0.15, 0.2) is 34.9 Å². The van der Waals surface area contributed by atoms with Crippen LogP contribution < -0.4 is 10.6 Å². The van der Waals surface area contributed by atoms with E-state index in [0.29, 0.717) is 24.3 Å². The van der Waals surface area contributed by atoms with Crippen molar-refractivity contribution in [3.63, 3.8) is 0 Å². The zero-order chi connectivity index (χ0) is 15.9. The predicted molar refractivity (Wildman–Crippen MR) is 65.4 cm³/mol. The van der Waals surface area contributed by atoms with Crippen LogP contribution in [0, 0.1) is 34.9 Å². The van der Waals surface area contributed by atoms with Gasteiger partial charge in [-0.25, -0.2) is 26.3 Å². The molecule has 2 aromatic carbocycles. The highest BCUT2D eigenvalue weighted by molar-refractivity contribution is 8.00. The normalized spacial score (nSPS) is 11.8. The third-order valence-corrected chi connectivity index (χ3v) is 5.62. The maximum atomic E-state index is 13.1. The molecule has 2 rings (SSSR count). The van der Waals surface area contributed by atoms with Crippen LogP contribution in [0.25, 0.3) is 0 Å². The van der Waals surface area contributed by atoms with Crippen LogP contribution in [-0.2, 0) is 4.57 Å². The van der Waals surface area contributed by atoms with E-state index in [2.05, 4.69) is 0 Å². The van der Waals surface area contributed by atoms with Crippen LogP contribution in [-0.4, -0.2) is 0 Å². The van der Waals surface area contributed by atoms with E-state index >= 15 is 0 Å². The van der Waals surface area contributed by atoms with Gasteiger partial charge in [-0.05, 0) is 35.5 Å². The minimum absolute atomic E-state index is 0.339. The molecule has 1 nitrogen and oxygen atoms in total. The summed E-state index contributed by atoms with van der Waals surface area (Å²) in [6.07, 6.45) is 0. The van der Waals surface area contributed by atoms with Gasteiger partial charge in [-0.2, -0.15) is 0 Å². The molecule has 0 aliphatic rings. The molecule has 0 radical (unpaired) electrons. The van der Waals surface area contributed by atoms with Crippen molar-refractivity contribution < 1.29 is 30.9 Å². The molecule has 0 unspecified atom stereocenters. The monoisotopic (exact) mass is 344 g/mol. The predicted octanol–water partition coefficient (Wildman–Crippen LogP) is 3.99.